The molecular weight excluding hydrogens is 332 g/mol. The molecule has 0 fully saturated rings. The van der Waals surface area contributed by atoms with Gasteiger partial charge in [-0.2, -0.15) is 0 Å². The van der Waals surface area contributed by atoms with Gasteiger partial charge in [0.05, 0.1) is 0 Å². The number of carbonyl (C=O) groups excluding carboxylic acids is 3. The molecule has 0 aromatic heterocycles. The van der Waals surface area contributed by atoms with Crippen LogP contribution in [0.1, 0.15) is 20.8 Å². The maximum Gasteiger partial charge on any atom is 0.347 e. The van der Waals surface area contributed by atoms with Gasteiger partial charge in [-0.15, -0.1) is 0 Å². The van der Waals surface area contributed by atoms with Crippen LogP contribution in [0.5, 0.6) is 0 Å². The van der Waals surface area contributed by atoms with Crippen molar-refractivity contribution in [2.75, 3.05) is 26.4 Å². The van der Waals surface area contributed by atoms with Gasteiger partial charge in [0, 0.05) is 11.1 Å². The molecule has 0 aliphatic heterocycles. The molecule has 0 aliphatic carbocycles. The number of hydrogen-bond acceptors (Lipinski definition) is 8. The minimum Gasteiger partial charge on any atom is -0.462 e. The van der Waals surface area contributed by atoms with Gasteiger partial charge < -0.3 is 23.7 Å². The first kappa shape index (κ1) is 22.2. The molecule has 0 bridgehead atoms. The summed E-state index contributed by atoms with van der Waals surface area (Å²) in [5.41, 5.74) is 0.533. The molecule has 1 unspecified atom stereocenters. The topological polar surface area (TPSA) is 97.4 Å². The fourth-order valence-corrected chi connectivity index (χ4v) is 1.21. The first-order valence-corrected chi connectivity index (χ1v) is 7.45. The Balaban J connectivity index is 3.89. The van der Waals surface area contributed by atoms with Crippen LogP contribution in [0.15, 0.2) is 36.8 Å². The van der Waals surface area contributed by atoms with Crippen LogP contribution >= 0.6 is 0 Å². The highest BCUT2D eigenvalue weighted by molar-refractivity contribution is 5.87. The fraction of sp³-hybridized carbons (Fsp3) is 0.471. The Hall–Kier alpha value is -2.77. The molecule has 0 spiro atoms. The van der Waals surface area contributed by atoms with Gasteiger partial charge in [-0.3, -0.25) is 0 Å². The Morgan fingerprint density at radius 1 is 0.760 bits per heavy atom. The monoisotopic (exact) mass is 356 g/mol. The number of hydrogen-bond donors (Lipinski definition) is 0. The third-order valence-corrected chi connectivity index (χ3v) is 2.48. The van der Waals surface area contributed by atoms with E-state index in [4.69, 9.17) is 23.7 Å². The number of esters is 3. The van der Waals surface area contributed by atoms with Crippen molar-refractivity contribution in [2.45, 2.75) is 26.9 Å². The van der Waals surface area contributed by atoms with E-state index in [-0.39, 0.29) is 43.5 Å². The third-order valence-electron chi connectivity index (χ3n) is 2.48. The standard InChI is InChI=1S/C17H24O8/c1-11(2)15(18)22-8-7-21-14(6)25-13(5)17(20)24-10-9-23-16(19)12(3)4/h13H,1,3,6-10H2,2,4-5H3. The van der Waals surface area contributed by atoms with E-state index >= 15 is 0 Å². The molecule has 0 saturated carbocycles. The van der Waals surface area contributed by atoms with E-state index in [2.05, 4.69) is 19.7 Å². The Morgan fingerprint density at radius 2 is 1.16 bits per heavy atom. The van der Waals surface area contributed by atoms with Gasteiger partial charge in [-0.05, 0) is 27.4 Å². The molecule has 8 heteroatoms. The van der Waals surface area contributed by atoms with Gasteiger partial charge >= 0.3 is 17.9 Å². The van der Waals surface area contributed by atoms with Crippen LogP contribution in [0.2, 0.25) is 0 Å². The fourth-order valence-electron chi connectivity index (χ4n) is 1.21. The molecule has 25 heavy (non-hydrogen) atoms. The summed E-state index contributed by atoms with van der Waals surface area (Å²) in [5, 5.41) is 0. The van der Waals surface area contributed by atoms with Crippen LogP contribution < -0.4 is 0 Å². The SMILES string of the molecule is C=C(OCCOC(=O)C(=C)C)OC(C)C(=O)OCCOC(=O)C(=C)C. The normalized spacial score (nSPS) is 10.8. The second kappa shape index (κ2) is 11.7. The maximum atomic E-state index is 11.7. The van der Waals surface area contributed by atoms with Crippen molar-refractivity contribution < 1.29 is 38.1 Å². The smallest absolute Gasteiger partial charge is 0.347 e. The van der Waals surface area contributed by atoms with Crippen LogP contribution in [-0.2, 0) is 38.1 Å². The summed E-state index contributed by atoms with van der Waals surface area (Å²) in [7, 11) is 0. The number of rotatable bonds is 12. The summed E-state index contributed by atoms with van der Waals surface area (Å²) in [6.45, 7) is 14.6. The van der Waals surface area contributed by atoms with E-state index in [9.17, 15) is 14.4 Å². The molecule has 0 rings (SSSR count). The van der Waals surface area contributed by atoms with Gasteiger partial charge in [0.25, 0.3) is 5.95 Å². The highest BCUT2D eigenvalue weighted by Gasteiger charge is 2.17. The summed E-state index contributed by atoms with van der Waals surface area (Å²) in [6, 6.07) is 0. The molecule has 8 nitrogen and oxygen atoms in total. The van der Waals surface area contributed by atoms with E-state index in [1.165, 1.54) is 20.8 Å². The second-order valence-electron chi connectivity index (χ2n) is 4.98. The van der Waals surface area contributed by atoms with Crippen molar-refractivity contribution >= 4 is 17.9 Å². The van der Waals surface area contributed by atoms with Crippen LogP contribution in [0.4, 0.5) is 0 Å². The minimum atomic E-state index is -0.970. The lowest BCUT2D eigenvalue weighted by atomic mass is 10.4. The molecule has 140 valence electrons. The molecule has 0 heterocycles. The lowest BCUT2D eigenvalue weighted by Crippen LogP contribution is -2.25. The van der Waals surface area contributed by atoms with Crippen molar-refractivity contribution in [3.8, 4) is 0 Å². The Bertz CT molecular complexity index is 535. The first-order valence-electron chi connectivity index (χ1n) is 7.45. The zero-order valence-corrected chi connectivity index (χ0v) is 14.8. The lowest BCUT2D eigenvalue weighted by molar-refractivity contribution is -0.160. The van der Waals surface area contributed by atoms with Gasteiger partial charge in [0.1, 0.15) is 26.4 Å². The van der Waals surface area contributed by atoms with Crippen LogP contribution in [0.3, 0.4) is 0 Å². The molecule has 0 aromatic rings. The van der Waals surface area contributed by atoms with Gasteiger partial charge in [-0.1, -0.05) is 13.2 Å². The average molecular weight is 356 g/mol. The highest BCUT2D eigenvalue weighted by Crippen LogP contribution is 2.04. The molecule has 0 amide bonds. The van der Waals surface area contributed by atoms with Gasteiger partial charge in [0.15, 0.2) is 6.10 Å². The van der Waals surface area contributed by atoms with Crippen molar-refractivity contribution in [1.82, 2.24) is 0 Å². The Morgan fingerprint density at radius 3 is 1.60 bits per heavy atom. The second-order valence-corrected chi connectivity index (χ2v) is 4.98. The predicted molar refractivity (Wildman–Crippen MR) is 88.1 cm³/mol. The summed E-state index contributed by atoms with van der Waals surface area (Å²) in [5.74, 6) is -1.89. The lowest BCUT2D eigenvalue weighted by Gasteiger charge is -2.16. The largest absolute Gasteiger partial charge is 0.462 e. The highest BCUT2D eigenvalue weighted by atomic mass is 16.7. The minimum absolute atomic E-state index is 0.0104. The van der Waals surface area contributed by atoms with E-state index in [1.807, 2.05) is 0 Å². The molecular formula is C17H24O8. The summed E-state index contributed by atoms with van der Waals surface area (Å²) < 4.78 is 24.6. The molecule has 0 N–H and O–H groups in total. The molecule has 0 aliphatic rings. The van der Waals surface area contributed by atoms with E-state index in [0.717, 1.165) is 0 Å². The van der Waals surface area contributed by atoms with E-state index < -0.39 is 24.0 Å². The van der Waals surface area contributed by atoms with Crippen molar-refractivity contribution in [1.29, 1.82) is 0 Å². The molecule has 0 aromatic carbocycles. The number of carbonyl (C=O) groups is 3. The molecule has 0 radical (unpaired) electrons. The van der Waals surface area contributed by atoms with Crippen LogP contribution in [0, 0.1) is 0 Å². The van der Waals surface area contributed by atoms with E-state index in [1.54, 1.807) is 0 Å². The zero-order chi connectivity index (χ0) is 19.4. The molecule has 0 saturated heterocycles. The third kappa shape index (κ3) is 10.6. The van der Waals surface area contributed by atoms with Crippen LogP contribution in [-0.4, -0.2) is 50.4 Å². The van der Waals surface area contributed by atoms with Crippen molar-refractivity contribution in [3.63, 3.8) is 0 Å². The van der Waals surface area contributed by atoms with Crippen molar-refractivity contribution in [3.05, 3.63) is 36.8 Å². The maximum absolute atomic E-state index is 11.7. The molecule has 1 atom stereocenters. The average Bonchev–Trinajstić information content (AvgIpc) is 2.54. The quantitative estimate of drug-likeness (QED) is 0.171. The van der Waals surface area contributed by atoms with E-state index in [0.29, 0.717) is 0 Å². The summed E-state index contributed by atoms with van der Waals surface area (Å²) >= 11 is 0. The number of ether oxygens (including phenoxy) is 5. The van der Waals surface area contributed by atoms with Crippen LogP contribution in [0.25, 0.3) is 0 Å². The first-order chi connectivity index (χ1) is 11.6. The predicted octanol–water partition coefficient (Wildman–Crippen LogP) is 1.66. The summed E-state index contributed by atoms with van der Waals surface area (Å²) in [4.78, 5) is 33.9. The Kier molecular flexibility index (Phi) is 10.4. The summed E-state index contributed by atoms with van der Waals surface area (Å²) in [6.07, 6.45) is -0.970. The zero-order valence-electron chi connectivity index (χ0n) is 14.8. The van der Waals surface area contributed by atoms with Gasteiger partial charge in [-0.25, -0.2) is 14.4 Å². The Labute approximate surface area is 147 Å². The van der Waals surface area contributed by atoms with Gasteiger partial charge in [0.2, 0.25) is 0 Å². The van der Waals surface area contributed by atoms with Crippen molar-refractivity contribution in [2.24, 2.45) is 0 Å².